The van der Waals surface area contributed by atoms with E-state index in [1.807, 2.05) is 0 Å². The Balaban J connectivity index is 2.78. The average molecular weight is 223 g/mol. The Kier molecular flexibility index (Phi) is 3.96. The van der Waals surface area contributed by atoms with E-state index in [0.717, 1.165) is 0 Å². The number of nitrogens with two attached hydrogens (primary N) is 1. The second kappa shape index (κ2) is 5.22. The van der Waals surface area contributed by atoms with Crippen LogP contribution in [0.2, 0.25) is 0 Å². The predicted octanol–water partition coefficient (Wildman–Crippen LogP) is 0.313. The van der Waals surface area contributed by atoms with Crippen molar-refractivity contribution in [3.63, 3.8) is 0 Å². The van der Waals surface area contributed by atoms with Crippen molar-refractivity contribution in [3.05, 3.63) is 24.0 Å². The van der Waals surface area contributed by atoms with Gasteiger partial charge in [-0.2, -0.15) is 0 Å². The molecule has 0 spiro atoms. The molecule has 4 N–H and O–H groups in total. The molecule has 1 aromatic rings. The Hall–Kier alpha value is -1.95. The van der Waals surface area contributed by atoms with Crippen LogP contribution in [0.25, 0.3) is 0 Å². The van der Waals surface area contributed by atoms with Gasteiger partial charge in [0.05, 0.1) is 17.4 Å². The first-order valence-corrected chi connectivity index (χ1v) is 4.74. The van der Waals surface area contributed by atoms with E-state index < -0.39 is 5.97 Å². The van der Waals surface area contributed by atoms with Crippen LogP contribution in [-0.2, 0) is 4.79 Å². The summed E-state index contributed by atoms with van der Waals surface area (Å²) < 4.78 is 0. The molecule has 6 heteroatoms. The number of carboxylic acid groups (broad SMARTS) is 1. The predicted molar refractivity (Wildman–Crippen MR) is 58.0 cm³/mol. The van der Waals surface area contributed by atoms with Gasteiger partial charge in [0.15, 0.2) is 0 Å². The molecule has 1 unspecified atom stereocenters. The summed E-state index contributed by atoms with van der Waals surface area (Å²) in [6.45, 7) is 1.92. The first kappa shape index (κ1) is 12.1. The Labute approximate surface area is 92.5 Å². The molecular formula is C10H13N3O3. The third kappa shape index (κ3) is 3.03. The van der Waals surface area contributed by atoms with Gasteiger partial charge in [-0.05, 0) is 6.07 Å². The van der Waals surface area contributed by atoms with Gasteiger partial charge in [-0.25, -0.2) is 4.79 Å². The molecule has 0 aromatic carbocycles. The number of hydrogen-bond donors (Lipinski definition) is 3. The molecule has 0 fully saturated rings. The molecule has 1 heterocycles. The molecule has 1 amide bonds. The fraction of sp³-hybridized carbons (Fsp3) is 0.300. The first-order valence-electron chi connectivity index (χ1n) is 4.74. The van der Waals surface area contributed by atoms with E-state index in [4.69, 9.17) is 10.8 Å². The van der Waals surface area contributed by atoms with Crippen molar-refractivity contribution in [1.82, 2.24) is 4.98 Å². The van der Waals surface area contributed by atoms with Gasteiger partial charge >= 0.3 is 5.97 Å². The smallest absolute Gasteiger partial charge is 0.337 e. The van der Waals surface area contributed by atoms with Crippen molar-refractivity contribution < 1.29 is 14.7 Å². The second-order valence-corrected chi connectivity index (χ2v) is 3.39. The first-order chi connectivity index (χ1) is 7.54. The fourth-order valence-corrected chi connectivity index (χ4v) is 0.998. The van der Waals surface area contributed by atoms with E-state index in [9.17, 15) is 9.59 Å². The lowest BCUT2D eigenvalue weighted by Gasteiger charge is -2.09. The minimum absolute atomic E-state index is 0.0261. The Morgan fingerprint density at radius 2 is 2.25 bits per heavy atom. The Morgan fingerprint density at radius 1 is 1.56 bits per heavy atom. The fourth-order valence-electron chi connectivity index (χ4n) is 0.998. The van der Waals surface area contributed by atoms with E-state index in [1.165, 1.54) is 18.5 Å². The number of hydrogen-bond acceptors (Lipinski definition) is 4. The van der Waals surface area contributed by atoms with E-state index in [0.29, 0.717) is 5.69 Å². The molecular weight excluding hydrogens is 210 g/mol. The summed E-state index contributed by atoms with van der Waals surface area (Å²) in [6, 6.07) is 1.34. The number of nitrogens with zero attached hydrogens (tertiary/aromatic N) is 1. The van der Waals surface area contributed by atoms with Crippen molar-refractivity contribution in [1.29, 1.82) is 0 Å². The molecule has 0 radical (unpaired) electrons. The highest BCUT2D eigenvalue weighted by molar-refractivity contribution is 5.94. The van der Waals surface area contributed by atoms with Crippen LogP contribution < -0.4 is 11.1 Å². The number of carboxylic acids is 1. The normalized spacial score (nSPS) is 11.9. The molecule has 16 heavy (non-hydrogen) atoms. The highest BCUT2D eigenvalue weighted by atomic mass is 16.4. The molecule has 1 atom stereocenters. The molecule has 0 saturated carbocycles. The van der Waals surface area contributed by atoms with Crippen molar-refractivity contribution in [2.24, 2.45) is 11.7 Å². The SMILES string of the molecule is CC(CN)C(=O)Nc1cncc(C(=O)O)c1. The van der Waals surface area contributed by atoms with Gasteiger partial charge in [-0.15, -0.1) is 0 Å². The van der Waals surface area contributed by atoms with Gasteiger partial charge in [-0.1, -0.05) is 6.92 Å². The topological polar surface area (TPSA) is 105 Å². The average Bonchev–Trinajstić information content (AvgIpc) is 2.28. The number of carbonyl (C=O) groups is 2. The number of rotatable bonds is 4. The summed E-state index contributed by atoms with van der Waals surface area (Å²) in [7, 11) is 0. The van der Waals surface area contributed by atoms with Crippen LogP contribution in [0.5, 0.6) is 0 Å². The third-order valence-corrected chi connectivity index (χ3v) is 2.05. The zero-order valence-corrected chi connectivity index (χ0v) is 8.80. The maximum atomic E-state index is 11.5. The highest BCUT2D eigenvalue weighted by Gasteiger charge is 2.12. The maximum absolute atomic E-state index is 11.5. The monoisotopic (exact) mass is 223 g/mol. The van der Waals surface area contributed by atoms with E-state index in [2.05, 4.69) is 10.3 Å². The van der Waals surface area contributed by atoms with Crippen LogP contribution >= 0.6 is 0 Å². The lowest BCUT2D eigenvalue weighted by molar-refractivity contribution is -0.119. The molecule has 0 aliphatic carbocycles. The molecule has 0 aliphatic rings. The zero-order chi connectivity index (χ0) is 12.1. The maximum Gasteiger partial charge on any atom is 0.337 e. The van der Waals surface area contributed by atoms with Crippen LogP contribution in [0, 0.1) is 5.92 Å². The lowest BCUT2D eigenvalue weighted by atomic mass is 10.1. The van der Waals surface area contributed by atoms with E-state index in [1.54, 1.807) is 6.92 Å². The summed E-state index contributed by atoms with van der Waals surface area (Å²) in [5.41, 5.74) is 5.71. The quantitative estimate of drug-likeness (QED) is 0.681. The van der Waals surface area contributed by atoms with Gasteiger partial charge in [0.1, 0.15) is 0 Å². The third-order valence-electron chi connectivity index (χ3n) is 2.05. The number of aromatic carboxylic acids is 1. The number of nitrogens with one attached hydrogen (secondary N) is 1. The number of carbonyl (C=O) groups excluding carboxylic acids is 1. The van der Waals surface area contributed by atoms with Crippen LogP contribution in [0.3, 0.4) is 0 Å². The number of pyridine rings is 1. The number of aromatic nitrogens is 1. The van der Waals surface area contributed by atoms with Crippen molar-refractivity contribution in [2.75, 3.05) is 11.9 Å². The standard InChI is InChI=1S/C10H13N3O3/c1-6(3-11)9(14)13-8-2-7(10(15)16)4-12-5-8/h2,4-6H,3,11H2,1H3,(H,13,14)(H,15,16). The summed E-state index contributed by atoms with van der Waals surface area (Å²) in [6.07, 6.45) is 2.60. The van der Waals surface area contributed by atoms with E-state index >= 15 is 0 Å². The van der Waals surface area contributed by atoms with Gasteiger partial charge in [-0.3, -0.25) is 9.78 Å². The zero-order valence-electron chi connectivity index (χ0n) is 8.80. The number of anilines is 1. The molecule has 0 saturated heterocycles. The minimum atomic E-state index is -1.09. The highest BCUT2D eigenvalue weighted by Crippen LogP contribution is 2.09. The molecule has 1 aromatic heterocycles. The van der Waals surface area contributed by atoms with Gasteiger partial charge in [0, 0.05) is 18.7 Å². The van der Waals surface area contributed by atoms with Crippen molar-refractivity contribution in [3.8, 4) is 0 Å². The van der Waals surface area contributed by atoms with Crippen LogP contribution in [0.4, 0.5) is 5.69 Å². The molecule has 1 rings (SSSR count). The summed E-state index contributed by atoms with van der Waals surface area (Å²) >= 11 is 0. The molecule has 86 valence electrons. The number of amides is 1. The largest absolute Gasteiger partial charge is 0.478 e. The van der Waals surface area contributed by atoms with Gasteiger partial charge < -0.3 is 16.2 Å². The minimum Gasteiger partial charge on any atom is -0.478 e. The van der Waals surface area contributed by atoms with Crippen LogP contribution in [-0.4, -0.2) is 28.5 Å². The molecule has 0 aliphatic heterocycles. The van der Waals surface area contributed by atoms with Gasteiger partial charge in [0.25, 0.3) is 0 Å². The van der Waals surface area contributed by atoms with Crippen molar-refractivity contribution >= 4 is 17.6 Å². The lowest BCUT2D eigenvalue weighted by Crippen LogP contribution is -2.26. The Morgan fingerprint density at radius 3 is 2.81 bits per heavy atom. The summed E-state index contributed by atoms with van der Waals surface area (Å²) in [5.74, 6) is -1.67. The van der Waals surface area contributed by atoms with Crippen molar-refractivity contribution in [2.45, 2.75) is 6.92 Å². The van der Waals surface area contributed by atoms with Crippen LogP contribution in [0.15, 0.2) is 18.5 Å². The second-order valence-electron chi connectivity index (χ2n) is 3.39. The van der Waals surface area contributed by atoms with Crippen LogP contribution in [0.1, 0.15) is 17.3 Å². The molecule has 6 nitrogen and oxygen atoms in total. The summed E-state index contributed by atoms with van der Waals surface area (Å²) in [5, 5.41) is 11.3. The summed E-state index contributed by atoms with van der Waals surface area (Å²) in [4.78, 5) is 25.8. The molecule has 0 bridgehead atoms. The van der Waals surface area contributed by atoms with Gasteiger partial charge in [0.2, 0.25) is 5.91 Å². The van der Waals surface area contributed by atoms with E-state index in [-0.39, 0.29) is 23.9 Å². The Bertz CT molecular complexity index is 406.